The number of rotatable bonds is 7. The van der Waals surface area contributed by atoms with Crippen molar-refractivity contribution in [1.29, 1.82) is 0 Å². The maximum absolute atomic E-state index is 10.4. The average Bonchev–Trinajstić information content (AvgIpc) is 3.48. The summed E-state index contributed by atoms with van der Waals surface area (Å²) in [7, 11) is 0. The zero-order valence-corrected chi connectivity index (χ0v) is 16.9. The van der Waals surface area contributed by atoms with E-state index >= 15 is 0 Å². The molecule has 2 N–H and O–H groups in total. The van der Waals surface area contributed by atoms with Gasteiger partial charge in [0.25, 0.3) is 0 Å². The van der Waals surface area contributed by atoms with Gasteiger partial charge in [0, 0.05) is 36.6 Å². The van der Waals surface area contributed by atoms with Gasteiger partial charge in [-0.25, -0.2) is 9.97 Å². The molecule has 4 aromatic rings. The average molecular weight is 414 g/mol. The fourth-order valence-corrected chi connectivity index (χ4v) is 3.66. The van der Waals surface area contributed by atoms with E-state index in [0.717, 1.165) is 48.0 Å². The number of para-hydroxylation sites is 2. The highest BCUT2D eigenvalue weighted by Gasteiger charge is 2.20. The monoisotopic (exact) mass is 414 g/mol. The number of anilines is 1. The molecule has 5 rings (SSSR count). The number of benzene rings is 2. The standard InChI is InChI=1S/C24H22N4O3/c29-21-7-2-1-5-19(21)20-13-17(18-6-3-8-22-24(18)31-16-30-22)14-23(27-20)26-9-4-11-28-12-10-25-15-28/h1-3,5-8,10,12-15,29H,4,9,11,16H2,(H,26,27). The topological polar surface area (TPSA) is 81.4 Å². The molecule has 7 nitrogen and oxygen atoms in total. The molecule has 0 fully saturated rings. The molecule has 2 aromatic carbocycles. The maximum atomic E-state index is 10.4. The molecule has 31 heavy (non-hydrogen) atoms. The number of aromatic hydroxyl groups is 1. The molecule has 0 amide bonds. The SMILES string of the molecule is Oc1ccccc1-c1cc(-c2cccc3c2OCO3)cc(NCCCn2ccnc2)n1. The minimum absolute atomic E-state index is 0.191. The van der Waals surface area contributed by atoms with Gasteiger partial charge in [0.1, 0.15) is 11.6 Å². The number of pyridine rings is 1. The lowest BCUT2D eigenvalue weighted by atomic mass is 10.0. The Bertz CT molecular complexity index is 1190. The number of phenolic OH excluding ortho intramolecular Hbond substituents is 1. The Hall–Kier alpha value is -4.00. The summed E-state index contributed by atoms with van der Waals surface area (Å²) in [5.74, 6) is 2.38. The number of hydrogen-bond donors (Lipinski definition) is 2. The molecule has 0 atom stereocenters. The van der Waals surface area contributed by atoms with Crippen molar-refractivity contribution in [3.63, 3.8) is 0 Å². The van der Waals surface area contributed by atoms with Crippen molar-refractivity contribution >= 4 is 5.82 Å². The summed E-state index contributed by atoms with van der Waals surface area (Å²) >= 11 is 0. The van der Waals surface area contributed by atoms with Gasteiger partial charge in [-0.15, -0.1) is 0 Å². The van der Waals surface area contributed by atoms with E-state index in [-0.39, 0.29) is 12.5 Å². The fourth-order valence-electron chi connectivity index (χ4n) is 3.66. The predicted molar refractivity (Wildman–Crippen MR) is 118 cm³/mol. The molecule has 3 heterocycles. The molecular weight excluding hydrogens is 392 g/mol. The molecule has 0 radical (unpaired) electrons. The summed E-state index contributed by atoms with van der Waals surface area (Å²) in [5.41, 5.74) is 3.23. The third kappa shape index (κ3) is 4.02. The number of aromatic nitrogens is 3. The van der Waals surface area contributed by atoms with Gasteiger partial charge in [0.15, 0.2) is 11.5 Å². The molecule has 0 saturated carbocycles. The van der Waals surface area contributed by atoms with Crippen molar-refractivity contribution in [3.8, 4) is 39.6 Å². The van der Waals surface area contributed by atoms with E-state index in [1.165, 1.54) is 0 Å². The quantitative estimate of drug-likeness (QED) is 0.432. The van der Waals surface area contributed by atoms with Crippen LogP contribution in [0.4, 0.5) is 5.82 Å². The van der Waals surface area contributed by atoms with Gasteiger partial charge >= 0.3 is 0 Å². The van der Waals surface area contributed by atoms with Crippen LogP contribution in [-0.2, 0) is 6.54 Å². The number of hydrogen-bond acceptors (Lipinski definition) is 6. The Kier molecular flexibility index (Phi) is 5.14. The highest BCUT2D eigenvalue weighted by Crippen LogP contribution is 2.42. The summed E-state index contributed by atoms with van der Waals surface area (Å²) in [4.78, 5) is 8.83. The van der Waals surface area contributed by atoms with Crippen molar-refractivity contribution in [2.45, 2.75) is 13.0 Å². The summed E-state index contributed by atoms with van der Waals surface area (Å²) in [6.07, 6.45) is 6.47. The highest BCUT2D eigenvalue weighted by atomic mass is 16.7. The highest BCUT2D eigenvalue weighted by molar-refractivity contribution is 5.80. The molecule has 0 spiro atoms. The number of nitrogens with one attached hydrogen (secondary N) is 1. The van der Waals surface area contributed by atoms with Crippen molar-refractivity contribution < 1.29 is 14.6 Å². The smallest absolute Gasteiger partial charge is 0.231 e. The Balaban J connectivity index is 1.47. The number of ether oxygens (including phenoxy) is 2. The zero-order chi connectivity index (χ0) is 21.0. The lowest BCUT2D eigenvalue weighted by molar-refractivity contribution is 0.174. The van der Waals surface area contributed by atoms with Crippen LogP contribution in [-0.4, -0.2) is 33.0 Å². The van der Waals surface area contributed by atoms with Gasteiger partial charge in [-0.05, 0) is 42.3 Å². The second kappa shape index (κ2) is 8.39. The number of fused-ring (bicyclic) bond motifs is 1. The second-order valence-electron chi connectivity index (χ2n) is 7.26. The number of phenols is 1. The van der Waals surface area contributed by atoms with Gasteiger partial charge in [-0.1, -0.05) is 24.3 Å². The van der Waals surface area contributed by atoms with Crippen LogP contribution in [0.5, 0.6) is 17.2 Å². The lowest BCUT2D eigenvalue weighted by Crippen LogP contribution is -2.07. The van der Waals surface area contributed by atoms with E-state index in [1.54, 1.807) is 18.3 Å². The van der Waals surface area contributed by atoms with Crippen LogP contribution in [0.15, 0.2) is 73.3 Å². The third-order valence-electron chi connectivity index (χ3n) is 5.17. The van der Waals surface area contributed by atoms with Gasteiger partial charge in [-0.2, -0.15) is 0 Å². The van der Waals surface area contributed by atoms with Gasteiger partial charge in [-0.3, -0.25) is 0 Å². The minimum Gasteiger partial charge on any atom is -0.507 e. The first-order valence-corrected chi connectivity index (χ1v) is 10.2. The summed E-state index contributed by atoms with van der Waals surface area (Å²) < 4.78 is 13.3. The van der Waals surface area contributed by atoms with Crippen LogP contribution < -0.4 is 14.8 Å². The van der Waals surface area contributed by atoms with Gasteiger partial charge < -0.3 is 24.5 Å². The first-order chi connectivity index (χ1) is 15.3. The largest absolute Gasteiger partial charge is 0.507 e. The molecule has 0 saturated heterocycles. The Labute approximate surface area is 179 Å². The molecule has 7 heteroatoms. The second-order valence-corrected chi connectivity index (χ2v) is 7.26. The molecule has 0 bridgehead atoms. The fraction of sp³-hybridized carbons (Fsp3) is 0.167. The summed E-state index contributed by atoms with van der Waals surface area (Å²) in [5, 5.41) is 13.8. The Morgan fingerprint density at radius 1 is 1.03 bits per heavy atom. The van der Waals surface area contributed by atoms with Crippen molar-refractivity contribution in [3.05, 3.63) is 73.3 Å². The van der Waals surface area contributed by atoms with Crippen molar-refractivity contribution in [2.75, 3.05) is 18.7 Å². The minimum atomic E-state index is 0.191. The summed E-state index contributed by atoms with van der Waals surface area (Å²) in [6.45, 7) is 1.83. The first kappa shape index (κ1) is 19.0. The normalized spacial score (nSPS) is 12.1. The van der Waals surface area contributed by atoms with E-state index in [2.05, 4.69) is 10.3 Å². The van der Waals surface area contributed by atoms with E-state index in [4.69, 9.17) is 14.5 Å². The van der Waals surface area contributed by atoms with Crippen molar-refractivity contribution in [2.24, 2.45) is 0 Å². The maximum Gasteiger partial charge on any atom is 0.231 e. The number of aryl methyl sites for hydroxylation is 1. The Morgan fingerprint density at radius 3 is 2.81 bits per heavy atom. The van der Waals surface area contributed by atoms with Gasteiger partial charge in [0.05, 0.1) is 12.0 Å². The molecular formula is C24H22N4O3. The first-order valence-electron chi connectivity index (χ1n) is 10.2. The Morgan fingerprint density at radius 2 is 1.94 bits per heavy atom. The van der Waals surface area contributed by atoms with E-state index in [1.807, 2.05) is 59.6 Å². The van der Waals surface area contributed by atoms with Gasteiger partial charge in [0.2, 0.25) is 6.79 Å². The van der Waals surface area contributed by atoms with Crippen LogP contribution >= 0.6 is 0 Å². The van der Waals surface area contributed by atoms with Crippen LogP contribution in [0.1, 0.15) is 6.42 Å². The molecule has 2 aromatic heterocycles. The molecule has 0 unspecified atom stereocenters. The molecule has 0 aliphatic carbocycles. The van der Waals surface area contributed by atoms with Crippen LogP contribution in [0.2, 0.25) is 0 Å². The summed E-state index contributed by atoms with van der Waals surface area (Å²) in [6, 6.07) is 17.0. The van der Waals surface area contributed by atoms with E-state index in [9.17, 15) is 5.11 Å². The number of imidazole rings is 1. The zero-order valence-electron chi connectivity index (χ0n) is 16.9. The van der Waals surface area contributed by atoms with Crippen molar-refractivity contribution in [1.82, 2.24) is 14.5 Å². The predicted octanol–water partition coefficient (Wildman–Crippen LogP) is 4.55. The van der Waals surface area contributed by atoms with E-state index < -0.39 is 0 Å². The van der Waals surface area contributed by atoms with Crippen LogP contribution in [0, 0.1) is 0 Å². The lowest BCUT2D eigenvalue weighted by Gasteiger charge is -2.13. The molecule has 156 valence electrons. The van der Waals surface area contributed by atoms with E-state index in [0.29, 0.717) is 11.3 Å². The third-order valence-corrected chi connectivity index (χ3v) is 5.17. The van der Waals surface area contributed by atoms with Crippen LogP contribution in [0.3, 0.4) is 0 Å². The molecule has 1 aliphatic heterocycles. The number of nitrogens with zero attached hydrogens (tertiary/aromatic N) is 3. The van der Waals surface area contributed by atoms with Crippen LogP contribution in [0.25, 0.3) is 22.4 Å². The molecule has 1 aliphatic rings.